The van der Waals surface area contributed by atoms with Gasteiger partial charge in [-0.3, -0.25) is 0 Å². The van der Waals surface area contributed by atoms with Crippen molar-refractivity contribution in [1.82, 2.24) is 5.32 Å². The fourth-order valence-electron chi connectivity index (χ4n) is 1.72. The number of rotatable bonds is 7. The predicted octanol–water partition coefficient (Wildman–Crippen LogP) is 2.84. The molecule has 2 nitrogen and oxygen atoms in total. The van der Waals surface area contributed by atoms with E-state index in [2.05, 4.69) is 61.8 Å². The first-order chi connectivity index (χ1) is 8.13. The summed E-state index contributed by atoms with van der Waals surface area (Å²) in [6.07, 6.45) is 2.16. The molecule has 1 rings (SSSR count). The summed E-state index contributed by atoms with van der Waals surface area (Å²) < 4.78 is 0. The summed E-state index contributed by atoms with van der Waals surface area (Å²) in [4.78, 5) is 2.12. The molecule has 0 saturated carbocycles. The zero-order valence-corrected chi connectivity index (χ0v) is 12.2. The van der Waals surface area contributed by atoms with Crippen molar-refractivity contribution in [2.24, 2.45) is 5.92 Å². The van der Waals surface area contributed by atoms with E-state index in [9.17, 15) is 0 Å². The minimum absolute atomic E-state index is 0.742. The lowest BCUT2D eigenvalue weighted by Gasteiger charge is -2.14. The highest BCUT2D eigenvalue weighted by atomic mass is 32.2. The van der Waals surface area contributed by atoms with Crippen molar-refractivity contribution in [3.05, 3.63) is 29.8 Å². The van der Waals surface area contributed by atoms with E-state index in [4.69, 9.17) is 0 Å². The molecule has 0 aliphatic carbocycles. The van der Waals surface area contributed by atoms with Crippen LogP contribution in [-0.2, 0) is 6.54 Å². The topological polar surface area (TPSA) is 15.3 Å². The van der Waals surface area contributed by atoms with E-state index in [1.165, 1.54) is 17.0 Å². The van der Waals surface area contributed by atoms with Crippen LogP contribution in [0.3, 0.4) is 0 Å². The molecular weight excluding hydrogens is 228 g/mol. The minimum Gasteiger partial charge on any atom is -0.378 e. The predicted molar refractivity (Wildman–Crippen MR) is 80.0 cm³/mol. The van der Waals surface area contributed by atoms with Crippen LogP contribution >= 0.6 is 11.8 Å². The number of nitrogens with zero attached hydrogens (tertiary/aromatic N) is 1. The van der Waals surface area contributed by atoms with Crippen molar-refractivity contribution in [2.45, 2.75) is 13.5 Å². The van der Waals surface area contributed by atoms with Gasteiger partial charge in [0, 0.05) is 26.3 Å². The van der Waals surface area contributed by atoms with Gasteiger partial charge in [-0.1, -0.05) is 19.1 Å². The van der Waals surface area contributed by atoms with Crippen LogP contribution in [0.1, 0.15) is 12.5 Å². The molecule has 3 heteroatoms. The van der Waals surface area contributed by atoms with E-state index < -0.39 is 0 Å². The summed E-state index contributed by atoms with van der Waals surface area (Å²) in [5.41, 5.74) is 2.61. The SMILES string of the molecule is CSCC(C)CNCc1ccc(N(C)C)cc1. The Kier molecular flexibility index (Phi) is 6.45. The monoisotopic (exact) mass is 252 g/mol. The Hall–Kier alpha value is -0.670. The number of nitrogens with one attached hydrogen (secondary N) is 1. The van der Waals surface area contributed by atoms with Crippen molar-refractivity contribution in [3.8, 4) is 0 Å². The van der Waals surface area contributed by atoms with Gasteiger partial charge < -0.3 is 10.2 Å². The standard InChI is InChI=1S/C14H24N2S/c1-12(11-17-4)9-15-10-13-5-7-14(8-6-13)16(2)3/h5-8,12,15H,9-11H2,1-4H3. The van der Waals surface area contributed by atoms with E-state index in [0.29, 0.717) is 0 Å². The van der Waals surface area contributed by atoms with E-state index in [0.717, 1.165) is 19.0 Å². The maximum Gasteiger partial charge on any atom is 0.0361 e. The third kappa shape index (κ3) is 5.46. The minimum atomic E-state index is 0.742. The molecule has 0 aliphatic heterocycles. The fraction of sp³-hybridized carbons (Fsp3) is 0.571. The summed E-state index contributed by atoms with van der Waals surface area (Å²) in [7, 11) is 4.13. The van der Waals surface area contributed by atoms with Gasteiger partial charge in [-0.25, -0.2) is 0 Å². The van der Waals surface area contributed by atoms with Crippen LogP contribution in [0.2, 0.25) is 0 Å². The number of benzene rings is 1. The van der Waals surface area contributed by atoms with E-state index in [1.807, 2.05) is 11.8 Å². The van der Waals surface area contributed by atoms with Crippen LogP contribution in [0.5, 0.6) is 0 Å². The zero-order chi connectivity index (χ0) is 12.7. The summed E-state index contributed by atoms with van der Waals surface area (Å²) in [5.74, 6) is 1.97. The number of hydrogen-bond acceptors (Lipinski definition) is 3. The van der Waals surface area contributed by atoms with Gasteiger partial charge in [-0.2, -0.15) is 11.8 Å². The second kappa shape index (κ2) is 7.62. The first kappa shape index (κ1) is 14.4. The first-order valence-electron chi connectivity index (χ1n) is 6.09. The molecule has 0 saturated heterocycles. The average molecular weight is 252 g/mol. The fourth-order valence-corrected chi connectivity index (χ4v) is 2.41. The van der Waals surface area contributed by atoms with Gasteiger partial charge in [-0.05, 0) is 42.2 Å². The second-order valence-electron chi connectivity index (χ2n) is 4.75. The molecule has 0 aliphatic rings. The Balaban J connectivity index is 2.32. The largest absolute Gasteiger partial charge is 0.378 e. The third-order valence-corrected chi connectivity index (χ3v) is 3.63. The van der Waals surface area contributed by atoms with E-state index >= 15 is 0 Å². The maximum absolute atomic E-state index is 3.51. The van der Waals surface area contributed by atoms with Crippen LogP contribution in [0.4, 0.5) is 5.69 Å². The van der Waals surface area contributed by atoms with Gasteiger partial charge in [0.2, 0.25) is 0 Å². The number of anilines is 1. The first-order valence-corrected chi connectivity index (χ1v) is 7.48. The molecule has 0 radical (unpaired) electrons. The highest BCUT2D eigenvalue weighted by Crippen LogP contribution is 2.12. The van der Waals surface area contributed by atoms with Gasteiger partial charge in [0.1, 0.15) is 0 Å². The second-order valence-corrected chi connectivity index (χ2v) is 5.66. The van der Waals surface area contributed by atoms with Crippen molar-refractivity contribution in [1.29, 1.82) is 0 Å². The van der Waals surface area contributed by atoms with Crippen molar-refractivity contribution in [2.75, 3.05) is 37.5 Å². The summed E-state index contributed by atoms with van der Waals surface area (Å²) in [6.45, 7) is 4.35. The summed E-state index contributed by atoms with van der Waals surface area (Å²) in [6, 6.07) is 8.73. The van der Waals surface area contributed by atoms with E-state index in [1.54, 1.807) is 0 Å². The highest BCUT2D eigenvalue weighted by Gasteiger charge is 2.00. The lowest BCUT2D eigenvalue weighted by Crippen LogP contribution is -2.22. The van der Waals surface area contributed by atoms with Crippen LogP contribution in [-0.4, -0.2) is 32.6 Å². The molecule has 0 aromatic heterocycles. The molecular formula is C14H24N2S. The van der Waals surface area contributed by atoms with Gasteiger partial charge in [0.25, 0.3) is 0 Å². The van der Waals surface area contributed by atoms with Crippen LogP contribution in [0.25, 0.3) is 0 Å². The Morgan fingerprint density at radius 3 is 2.41 bits per heavy atom. The maximum atomic E-state index is 3.51. The van der Waals surface area contributed by atoms with Gasteiger partial charge in [0.15, 0.2) is 0 Å². The normalized spacial score (nSPS) is 12.5. The van der Waals surface area contributed by atoms with Crippen LogP contribution in [0.15, 0.2) is 24.3 Å². The summed E-state index contributed by atoms with van der Waals surface area (Å²) in [5, 5.41) is 3.51. The molecule has 1 N–H and O–H groups in total. The van der Waals surface area contributed by atoms with E-state index in [-0.39, 0.29) is 0 Å². The molecule has 1 aromatic rings. The lowest BCUT2D eigenvalue weighted by atomic mass is 10.2. The van der Waals surface area contributed by atoms with Crippen molar-refractivity contribution < 1.29 is 0 Å². The van der Waals surface area contributed by atoms with Crippen molar-refractivity contribution in [3.63, 3.8) is 0 Å². The number of thioether (sulfide) groups is 1. The molecule has 0 spiro atoms. The molecule has 1 aromatic carbocycles. The molecule has 1 atom stereocenters. The Morgan fingerprint density at radius 2 is 1.88 bits per heavy atom. The quantitative estimate of drug-likeness (QED) is 0.803. The van der Waals surface area contributed by atoms with Gasteiger partial charge in [0.05, 0.1) is 0 Å². The Bertz CT molecular complexity index is 309. The number of hydrogen-bond donors (Lipinski definition) is 1. The van der Waals surface area contributed by atoms with Crippen LogP contribution < -0.4 is 10.2 Å². The van der Waals surface area contributed by atoms with Gasteiger partial charge >= 0.3 is 0 Å². The highest BCUT2D eigenvalue weighted by molar-refractivity contribution is 7.98. The Morgan fingerprint density at radius 1 is 1.24 bits per heavy atom. The lowest BCUT2D eigenvalue weighted by molar-refractivity contribution is 0.559. The third-order valence-electron chi connectivity index (χ3n) is 2.73. The molecule has 96 valence electrons. The molecule has 0 bridgehead atoms. The molecule has 0 amide bonds. The summed E-state index contributed by atoms with van der Waals surface area (Å²) >= 11 is 1.92. The molecule has 0 fully saturated rings. The molecule has 0 heterocycles. The smallest absolute Gasteiger partial charge is 0.0361 e. The molecule has 17 heavy (non-hydrogen) atoms. The zero-order valence-electron chi connectivity index (χ0n) is 11.4. The average Bonchev–Trinajstić information content (AvgIpc) is 2.30. The van der Waals surface area contributed by atoms with Crippen LogP contribution in [0, 0.1) is 5.92 Å². The Labute approximate surface area is 110 Å². The molecule has 1 unspecified atom stereocenters. The van der Waals surface area contributed by atoms with Gasteiger partial charge in [-0.15, -0.1) is 0 Å². The van der Waals surface area contributed by atoms with Crippen molar-refractivity contribution >= 4 is 17.4 Å².